The van der Waals surface area contributed by atoms with Gasteiger partial charge in [-0.3, -0.25) is 9.59 Å². The highest BCUT2D eigenvalue weighted by atomic mass is 16.5. The monoisotopic (exact) mass is 638 g/mol. The van der Waals surface area contributed by atoms with Crippen LogP contribution in [0, 0.1) is 29.6 Å². The number of benzene rings is 2. The second-order valence-corrected chi connectivity index (χ2v) is 14.4. The summed E-state index contributed by atoms with van der Waals surface area (Å²) >= 11 is 0. The van der Waals surface area contributed by atoms with Gasteiger partial charge in [0.15, 0.2) is 23.0 Å². The van der Waals surface area contributed by atoms with Crippen molar-refractivity contribution in [2.24, 2.45) is 29.6 Å². The van der Waals surface area contributed by atoms with Gasteiger partial charge < -0.3 is 28.7 Å². The Labute approximate surface area is 277 Å². The zero-order valence-corrected chi connectivity index (χ0v) is 30.3. The fraction of sp³-hybridized carbons (Fsp3) is 0.632. The van der Waals surface area contributed by atoms with Crippen LogP contribution in [0.15, 0.2) is 30.3 Å². The van der Waals surface area contributed by atoms with Crippen LogP contribution in [0.1, 0.15) is 90.3 Å². The van der Waals surface area contributed by atoms with Crippen LogP contribution in [0.2, 0.25) is 0 Å². The molecule has 0 saturated carbocycles. The molecule has 3 unspecified atom stereocenters. The third-order valence-corrected chi connectivity index (χ3v) is 8.57. The van der Waals surface area contributed by atoms with Crippen molar-refractivity contribution in [3.8, 4) is 23.0 Å². The van der Waals surface area contributed by atoms with E-state index in [-0.39, 0.29) is 30.1 Å². The number of carbonyl (C=O) groups excluding carboxylic acids is 2. The summed E-state index contributed by atoms with van der Waals surface area (Å²) in [4.78, 5) is 33.3. The molecule has 1 aliphatic carbocycles. The van der Waals surface area contributed by atoms with E-state index in [9.17, 15) is 4.79 Å². The molecule has 0 saturated heterocycles. The Bertz CT molecular complexity index is 1300. The molecule has 0 N–H and O–H groups in total. The van der Waals surface area contributed by atoms with Gasteiger partial charge >= 0.3 is 0 Å². The predicted octanol–water partition coefficient (Wildman–Crippen LogP) is 7.24. The lowest BCUT2D eigenvalue weighted by molar-refractivity contribution is -0.138. The van der Waals surface area contributed by atoms with E-state index in [0.29, 0.717) is 72.8 Å². The first-order valence-corrected chi connectivity index (χ1v) is 16.8. The molecule has 3 atom stereocenters. The van der Waals surface area contributed by atoms with Crippen molar-refractivity contribution in [3.63, 3.8) is 0 Å². The highest BCUT2D eigenvalue weighted by Gasteiger charge is 2.49. The molecular formula is C38H58N2O6. The molecule has 46 heavy (non-hydrogen) atoms. The van der Waals surface area contributed by atoms with E-state index < -0.39 is 5.92 Å². The number of ether oxygens (including phenoxy) is 4. The summed E-state index contributed by atoms with van der Waals surface area (Å²) in [6.07, 6.45) is 0.222. The molecule has 0 heterocycles. The maximum atomic E-state index is 15.1. The van der Waals surface area contributed by atoms with Crippen LogP contribution in [0.4, 0.5) is 0 Å². The Hall–Kier alpha value is -3.42. The summed E-state index contributed by atoms with van der Waals surface area (Å²) in [5.41, 5.74) is 2.84. The van der Waals surface area contributed by atoms with E-state index in [1.807, 2.05) is 40.1 Å². The molecule has 8 heteroatoms. The highest BCUT2D eigenvalue weighted by Crippen LogP contribution is 2.55. The van der Waals surface area contributed by atoms with Gasteiger partial charge in [0.25, 0.3) is 0 Å². The molecule has 8 nitrogen and oxygen atoms in total. The molecule has 0 fully saturated rings. The largest absolute Gasteiger partial charge is 0.493 e. The summed E-state index contributed by atoms with van der Waals surface area (Å²) < 4.78 is 22.8. The summed E-state index contributed by atoms with van der Waals surface area (Å²) in [6, 6.07) is 9.85. The molecule has 2 amide bonds. The van der Waals surface area contributed by atoms with E-state index >= 15 is 4.79 Å². The number of fused-ring (bicyclic) bond motifs is 1. The normalized spacial score (nSPS) is 17.4. The van der Waals surface area contributed by atoms with Crippen molar-refractivity contribution in [1.29, 1.82) is 0 Å². The van der Waals surface area contributed by atoms with Gasteiger partial charge in [-0.15, -0.1) is 0 Å². The Kier molecular flexibility index (Phi) is 13.2. The molecule has 0 bridgehead atoms. The van der Waals surface area contributed by atoms with Gasteiger partial charge in [0.2, 0.25) is 11.8 Å². The highest BCUT2D eigenvalue weighted by molar-refractivity contribution is 5.86. The molecule has 0 spiro atoms. The third kappa shape index (κ3) is 8.68. The van der Waals surface area contributed by atoms with Crippen LogP contribution in [0.5, 0.6) is 23.0 Å². The first kappa shape index (κ1) is 37.0. The van der Waals surface area contributed by atoms with Gasteiger partial charge in [-0.25, -0.2) is 0 Å². The van der Waals surface area contributed by atoms with Gasteiger partial charge in [0.05, 0.1) is 34.4 Å². The molecular weight excluding hydrogens is 580 g/mol. The standard InChI is InChI=1S/C38H58N2O6/c1-23(2)19-39(20-24(3)4)35(41)18-30-28-16-33(45-11)34(46-12)17-29(28)36(27-13-14-31(43-9)32(15-27)44-10)37(30)38(42)40(21-25(5)6)22-26(7)8/h13-17,23-26,30,36-37H,18-22H2,1-12H3. The molecule has 2 aromatic carbocycles. The quantitative estimate of drug-likeness (QED) is 0.193. The number of methoxy groups -OCH3 is 4. The first-order valence-electron chi connectivity index (χ1n) is 16.8. The topological polar surface area (TPSA) is 77.5 Å². The summed E-state index contributed by atoms with van der Waals surface area (Å²) in [5, 5.41) is 0. The van der Waals surface area contributed by atoms with E-state index in [2.05, 4.69) is 55.4 Å². The maximum absolute atomic E-state index is 15.1. The van der Waals surface area contributed by atoms with Crippen molar-refractivity contribution in [2.45, 2.75) is 73.6 Å². The van der Waals surface area contributed by atoms with Crippen molar-refractivity contribution in [3.05, 3.63) is 47.0 Å². The second-order valence-electron chi connectivity index (χ2n) is 14.4. The fourth-order valence-electron chi connectivity index (χ4n) is 6.93. The number of hydrogen-bond donors (Lipinski definition) is 0. The minimum atomic E-state index is -0.522. The minimum absolute atomic E-state index is 0.0633. The van der Waals surface area contributed by atoms with E-state index in [1.54, 1.807) is 28.4 Å². The summed E-state index contributed by atoms with van der Waals surface area (Å²) in [6.45, 7) is 19.7. The zero-order chi connectivity index (χ0) is 34.3. The molecule has 1 aliphatic rings. The van der Waals surface area contributed by atoms with Crippen LogP contribution in [0.3, 0.4) is 0 Å². The van der Waals surface area contributed by atoms with Gasteiger partial charge in [-0.2, -0.15) is 0 Å². The number of hydrogen-bond acceptors (Lipinski definition) is 6. The Morgan fingerprint density at radius 1 is 0.609 bits per heavy atom. The SMILES string of the molecule is COc1ccc(C2c3cc(OC)c(OC)cc3C(CC(=O)N(CC(C)C)CC(C)C)C2C(=O)N(CC(C)C)CC(C)C)cc1OC. The number of amides is 2. The second kappa shape index (κ2) is 16.4. The lowest BCUT2D eigenvalue weighted by Gasteiger charge is -2.34. The summed E-state index contributed by atoms with van der Waals surface area (Å²) in [5.74, 6) is 2.52. The van der Waals surface area contributed by atoms with Crippen LogP contribution in [-0.2, 0) is 9.59 Å². The Morgan fingerprint density at radius 3 is 1.50 bits per heavy atom. The van der Waals surface area contributed by atoms with Crippen molar-refractivity contribution in [2.75, 3.05) is 54.6 Å². The molecule has 256 valence electrons. The van der Waals surface area contributed by atoms with E-state index in [1.165, 1.54) is 0 Å². The predicted molar refractivity (Wildman–Crippen MR) is 184 cm³/mol. The lowest BCUT2D eigenvalue weighted by Crippen LogP contribution is -2.44. The van der Waals surface area contributed by atoms with E-state index in [0.717, 1.165) is 16.7 Å². The molecule has 0 aromatic heterocycles. The number of nitrogens with zero attached hydrogens (tertiary/aromatic N) is 2. The average Bonchev–Trinajstić information content (AvgIpc) is 3.30. The van der Waals surface area contributed by atoms with Crippen molar-refractivity contribution < 1.29 is 28.5 Å². The molecule has 2 aromatic rings. The fourth-order valence-corrected chi connectivity index (χ4v) is 6.93. The first-order chi connectivity index (χ1) is 21.8. The molecule has 3 rings (SSSR count). The maximum Gasteiger partial charge on any atom is 0.227 e. The van der Waals surface area contributed by atoms with Gasteiger partial charge in [-0.1, -0.05) is 61.5 Å². The third-order valence-electron chi connectivity index (χ3n) is 8.57. The van der Waals surface area contributed by atoms with Crippen LogP contribution in [0.25, 0.3) is 0 Å². The number of rotatable bonds is 16. The van der Waals surface area contributed by atoms with E-state index in [4.69, 9.17) is 18.9 Å². The van der Waals surface area contributed by atoms with Gasteiger partial charge in [0, 0.05) is 44.4 Å². The molecule has 0 radical (unpaired) electrons. The zero-order valence-electron chi connectivity index (χ0n) is 30.3. The van der Waals surface area contributed by atoms with Gasteiger partial charge in [-0.05, 0) is 64.6 Å². The van der Waals surface area contributed by atoms with Crippen molar-refractivity contribution in [1.82, 2.24) is 9.80 Å². The van der Waals surface area contributed by atoms with Gasteiger partial charge in [0.1, 0.15) is 0 Å². The number of carbonyl (C=O) groups is 2. The Morgan fingerprint density at radius 2 is 1.04 bits per heavy atom. The van der Waals surface area contributed by atoms with Crippen LogP contribution >= 0.6 is 0 Å². The van der Waals surface area contributed by atoms with Crippen molar-refractivity contribution >= 4 is 11.8 Å². The Balaban J connectivity index is 2.31. The minimum Gasteiger partial charge on any atom is -0.493 e. The van der Waals surface area contributed by atoms with Crippen LogP contribution < -0.4 is 18.9 Å². The van der Waals surface area contributed by atoms with Crippen LogP contribution in [-0.4, -0.2) is 76.2 Å². The summed E-state index contributed by atoms with van der Waals surface area (Å²) in [7, 11) is 6.47. The smallest absolute Gasteiger partial charge is 0.227 e. The lowest BCUT2D eigenvalue weighted by atomic mass is 9.79. The molecule has 0 aliphatic heterocycles. The average molecular weight is 639 g/mol.